The van der Waals surface area contributed by atoms with Gasteiger partial charge in [0.25, 0.3) is 0 Å². The van der Waals surface area contributed by atoms with Crippen LogP contribution < -0.4 is 5.32 Å². The molecule has 0 spiro atoms. The van der Waals surface area contributed by atoms with Gasteiger partial charge in [-0.15, -0.1) is 11.3 Å². The van der Waals surface area contributed by atoms with Crippen molar-refractivity contribution >= 4 is 34.6 Å². The van der Waals surface area contributed by atoms with Crippen LogP contribution in [-0.4, -0.2) is 43.6 Å². The number of likely N-dealkylation sites (tertiary alicyclic amines) is 1. The van der Waals surface area contributed by atoms with Crippen LogP contribution in [0.1, 0.15) is 31.0 Å². The number of rotatable bonds is 6. The van der Waals surface area contributed by atoms with Gasteiger partial charge in [0.2, 0.25) is 5.91 Å². The fraction of sp³-hybridized carbons (Fsp3) is 0.429. The van der Waals surface area contributed by atoms with E-state index in [2.05, 4.69) is 32.3 Å². The van der Waals surface area contributed by atoms with Crippen LogP contribution >= 0.6 is 23.6 Å². The summed E-state index contributed by atoms with van der Waals surface area (Å²) in [4.78, 5) is 19.7. The van der Waals surface area contributed by atoms with E-state index in [1.165, 1.54) is 24.2 Å². The third-order valence-corrected chi connectivity index (χ3v) is 6.38. The van der Waals surface area contributed by atoms with Crippen LogP contribution in [0.15, 0.2) is 29.6 Å². The summed E-state index contributed by atoms with van der Waals surface area (Å²) in [6.45, 7) is 7.46. The minimum Gasteiger partial charge on any atom is -0.300 e. The summed E-state index contributed by atoms with van der Waals surface area (Å²) in [5.41, 5.74) is 3.04. The molecule has 0 aliphatic carbocycles. The van der Waals surface area contributed by atoms with E-state index >= 15 is 0 Å². The molecule has 0 bridgehead atoms. The predicted molar refractivity (Wildman–Crippen MR) is 122 cm³/mol. The number of aromatic nitrogens is 4. The molecule has 3 heterocycles. The van der Waals surface area contributed by atoms with E-state index in [-0.39, 0.29) is 12.5 Å². The molecule has 1 saturated heterocycles. The number of aryl methyl sites for hydroxylation is 1. The lowest BCUT2D eigenvalue weighted by Crippen LogP contribution is -2.33. The summed E-state index contributed by atoms with van der Waals surface area (Å²) >= 11 is 6.80. The van der Waals surface area contributed by atoms with Crippen LogP contribution in [0, 0.1) is 17.6 Å². The Kier molecular flexibility index (Phi) is 6.40. The Morgan fingerprint density at radius 3 is 3.10 bits per heavy atom. The molecular formula is C21H26N6OS2. The number of benzene rings is 1. The number of nitrogens with zero attached hydrogens (tertiary/aromatic N) is 4. The molecule has 1 fully saturated rings. The number of carbonyl (C=O) groups is 1. The van der Waals surface area contributed by atoms with E-state index in [0.29, 0.717) is 15.7 Å². The van der Waals surface area contributed by atoms with E-state index in [1.807, 2.05) is 36.6 Å². The molecule has 9 heteroatoms. The first kappa shape index (κ1) is 20.9. The van der Waals surface area contributed by atoms with E-state index in [9.17, 15) is 4.79 Å². The number of piperidine rings is 1. The Morgan fingerprint density at radius 1 is 1.43 bits per heavy atom. The molecule has 158 valence electrons. The van der Waals surface area contributed by atoms with Crippen molar-refractivity contribution in [1.29, 1.82) is 0 Å². The zero-order valence-electron chi connectivity index (χ0n) is 17.2. The van der Waals surface area contributed by atoms with Crippen molar-refractivity contribution < 1.29 is 4.79 Å². The standard InChI is InChI=1S/C21H26N6OS2/c1-14-5-3-7-16(9-14)19-24-25-21(29)27(19)12-18(28)23-20-22-17(13-30-20)11-26-8-4-6-15(2)10-26/h3,5,7,9,13,15H,4,6,8,10-12H2,1-2H3,(H,25,29)(H,22,23,28)/t15-/m1/s1. The van der Waals surface area contributed by atoms with Crippen molar-refractivity contribution in [3.63, 3.8) is 0 Å². The average Bonchev–Trinajstić information content (AvgIpc) is 3.28. The molecule has 1 aliphatic heterocycles. The molecule has 0 radical (unpaired) electrons. The minimum absolute atomic E-state index is 0.0805. The SMILES string of the molecule is Cc1cccc(-c2n[nH]c(=S)n2CC(=O)Nc2nc(CN3CCC[C@@H](C)C3)cs2)c1. The summed E-state index contributed by atoms with van der Waals surface area (Å²) in [5.74, 6) is 1.21. The lowest BCUT2D eigenvalue weighted by molar-refractivity contribution is -0.116. The highest BCUT2D eigenvalue weighted by atomic mass is 32.1. The van der Waals surface area contributed by atoms with E-state index in [1.54, 1.807) is 4.57 Å². The monoisotopic (exact) mass is 442 g/mol. The molecule has 3 aromatic rings. The van der Waals surface area contributed by atoms with Crippen LogP contribution in [0.25, 0.3) is 11.4 Å². The van der Waals surface area contributed by atoms with Gasteiger partial charge in [-0.1, -0.05) is 30.7 Å². The minimum atomic E-state index is -0.172. The molecular weight excluding hydrogens is 416 g/mol. The van der Waals surface area contributed by atoms with Gasteiger partial charge in [0.05, 0.1) is 5.69 Å². The highest BCUT2D eigenvalue weighted by Gasteiger charge is 2.18. The zero-order chi connectivity index (χ0) is 21.1. The van der Waals surface area contributed by atoms with Crippen LogP contribution in [0.4, 0.5) is 5.13 Å². The second-order valence-corrected chi connectivity index (χ2v) is 9.23. The van der Waals surface area contributed by atoms with Gasteiger partial charge in [-0.05, 0) is 50.5 Å². The zero-order valence-corrected chi connectivity index (χ0v) is 18.9. The van der Waals surface area contributed by atoms with Gasteiger partial charge in [0.15, 0.2) is 15.7 Å². The molecule has 1 aromatic carbocycles. The molecule has 1 atom stereocenters. The largest absolute Gasteiger partial charge is 0.300 e. The van der Waals surface area contributed by atoms with Gasteiger partial charge in [-0.3, -0.25) is 19.4 Å². The smallest absolute Gasteiger partial charge is 0.246 e. The van der Waals surface area contributed by atoms with Crippen LogP contribution in [0.3, 0.4) is 0 Å². The van der Waals surface area contributed by atoms with Crippen molar-refractivity contribution in [1.82, 2.24) is 24.6 Å². The van der Waals surface area contributed by atoms with Gasteiger partial charge in [-0.25, -0.2) is 4.98 Å². The van der Waals surface area contributed by atoms with E-state index < -0.39 is 0 Å². The number of anilines is 1. The van der Waals surface area contributed by atoms with Crippen LogP contribution in [0.5, 0.6) is 0 Å². The van der Waals surface area contributed by atoms with Crippen molar-refractivity contribution in [3.8, 4) is 11.4 Å². The Balaban J connectivity index is 1.41. The Hall–Kier alpha value is -2.36. The first-order chi connectivity index (χ1) is 14.5. The van der Waals surface area contributed by atoms with Crippen LogP contribution in [0.2, 0.25) is 0 Å². The summed E-state index contributed by atoms with van der Waals surface area (Å²) in [5, 5.41) is 12.7. The van der Waals surface area contributed by atoms with Gasteiger partial charge < -0.3 is 5.32 Å². The number of H-pyrrole nitrogens is 1. The molecule has 2 aromatic heterocycles. The van der Waals surface area contributed by atoms with Crippen molar-refractivity contribution in [2.24, 2.45) is 5.92 Å². The van der Waals surface area contributed by atoms with Gasteiger partial charge in [0, 0.05) is 24.0 Å². The Bertz CT molecular complexity index is 1090. The number of aromatic amines is 1. The number of amides is 1. The summed E-state index contributed by atoms with van der Waals surface area (Å²) in [6.07, 6.45) is 2.54. The third-order valence-electron chi connectivity index (χ3n) is 5.26. The molecule has 2 N–H and O–H groups in total. The predicted octanol–water partition coefficient (Wildman–Crippen LogP) is 4.24. The first-order valence-electron chi connectivity index (χ1n) is 10.2. The van der Waals surface area contributed by atoms with Gasteiger partial charge >= 0.3 is 0 Å². The number of hydrogen-bond acceptors (Lipinski definition) is 6. The average molecular weight is 443 g/mol. The van der Waals surface area contributed by atoms with Crippen LogP contribution in [-0.2, 0) is 17.9 Å². The highest BCUT2D eigenvalue weighted by molar-refractivity contribution is 7.71. The molecule has 4 rings (SSSR count). The van der Waals surface area contributed by atoms with Gasteiger partial charge in [-0.2, -0.15) is 5.10 Å². The molecule has 7 nitrogen and oxygen atoms in total. The highest BCUT2D eigenvalue weighted by Crippen LogP contribution is 2.22. The van der Waals surface area contributed by atoms with E-state index in [0.717, 1.165) is 42.4 Å². The van der Waals surface area contributed by atoms with Crippen molar-refractivity contribution in [2.75, 3.05) is 18.4 Å². The Labute approximate surface area is 185 Å². The van der Waals surface area contributed by atoms with Crippen molar-refractivity contribution in [3.05, 3.63) is 45.7 Å². The maximum atomic E-state index is 12.7. The molecule has 1 aliphatic rings. The Morgan fingerprint density at radius 2 is 2.30 bits per heavy atom. The second-order valence-electron chi connectivity index (χ2n) is 7.98. The molecule has 0 saturated carbocycles. The molecule has 1 amide bonds. The fourth-order valence-electron chi connectivity index (χ4n) is 3.87. The van der Waals surface area contributed by atoms with Crippen molar-refractivity contribution in [2.45, 2.75) is 39.8 Å². The lowest BCUT2D eigenvalue weighted by atomic mass is 10.0. The number of carbonyl (C=O) groups excluding carboxylic acids is 1. The second kappa shape index (κ2) is 9.20. The van der Waals surface area contributed by atoms with Gasteiger partial charge in [0.1, 0.15) is 6.54 Å². The third kappa shape index (κ3) is 5.03. The summed E-state index contributed by atoms with van der Waals surface area (Å²) in [6, 6.07) is 7.97. The first-order valence-corrected chi connectivity index (χ1v) is 11.5. The number of hydrogen-bond donors (Lipinski definition) is 2. The molecule has 0 unspecified atom stereocenters. The normalized spacial score (nSPS) is 17.2. The molecule has 30 heavy (non-hydrogen) atoms. The van der Waals surface area contributed by atoms with E-state index in [4.69, 9.17) is 12.2 Å². The number of nitrogens with one attached hydrogen (secondary N) is 2. The maximum Gasteiger partial charge on any atom is 0.246 e. The topological polar surface area (TPSA) is 78.8 Å². The summed E-state index contributed by atoms with van der Waals surface area (Å²) < 4.78 is 2.13. The fourth-order valence-corrected chi connectivity index (χ4v) is 4.78. The maximum absolute atomic E-state index is 12.7. The quantitative estimate of drug-likeness (QED) is 0.558. The summed E-state index contributed by atoms with van der Waals surface area (Å²) in [7, 11) is 0. The number of thiazole rings is 1. The lowest BCUT2D eigenvalue weighted by Gasteiger charge is -2.30.